The summed E-state index contributed by atoms with van der Waals surface area (Å²) in [5.74, 6) is -0.0813. The first kappa shape index (κ1) is 22.7. The van der Waals surface area contributed by atoms with Crippen LogP contribution in [0.5, 0.6) is 0 Å². The highest BCUT2D eigenvalue weighted by atomic mass is 16.2. The van der Waals surface area contributed by atoms with Gasteiger partial charge in [-0.25, -0.2) is 0 Å². The summed E-state index contributed by atoms with van der Waals surface area (Å²) in [5, 5.41) is 2.87. The largest absolute Gasteiger partial charge is 0.336 e. The number of carbonyl (C=O) groups is 2. The first-order valence-corrected chi connectivity index (χ1v) is 11.6. The van der Waals surface area contributed by atoms with Crippen molar-refractivity contribution in [1.29, 1.82) is 0 Å². The van der Waals surface area contributed by atoms with Crippen molar-refractivity contribution in [2.45, 2.75) is 19.9 Å². The van der Waals surface area contributed by atoms with Crippen molar-refractivity contribution in [2.24, 2.45) is 5.92 Å². The molecule has 0 radical (unpaired) electrons. The van der Waals surface area contributed by atoms with Crippen LogP contribution in [0.2, 0.25) is 0 Å². The van der Waals surface area contributed by atoms with Gasteiger partial charge in [0, 0.05) is 43.3 Å². The average molecular weight is 442 g/mol. The van der Waals surface area contributed by atoms with E-state index in [0.29, 0.717) is 24.3 Å². The van der Waals surface area contributed by atoms with Gasteiger partial charge >= 0.3 is 0 Å². The van der Waals surface area contributed by atoms with Gasteiger partial charge in [0.15, 0.2) is 0 Å². The minimum atomic E-state index is -0.0850. The lowest BCUT2D eigenvalue weighted by atomic mass is 9.96. The van der Waals surface area contributed by atoms with E-state index in [0.717, 1.165) is 13.1 Å². The lowest BCUT2D eigenvalue weighted by Crippen LogP contribution is -2.49. The zero-order valence-electron chi connectivity index (χ0n) is 19.3. The zero-order valence-corrected chi connectivity index (χ0v) is 19.3. The van der Waals surface area contributed by atoms with Crippen LogP contribution in [-0.2, 0) is 4.79 Å². The van der Waals surface area contributed by atoms with Gasteiger partial charge in [-0.1, -0.05) is 74.5 Å². The molecule has 0 aromatic heterocycles. The molecule has 1 saturated heterocycles. The van der Waals surface area contributed by atoms with Crippen LogP contribution in [0.25, 0.3) is 0 Å². The first-order chi connectivity index (χ1) is 16.0. The molecular weight excluding hydrogens is 410 g/mol. The molecule has 0 atom stereocenters. The fraction of sp³-hybridized carbons (Fsp3) is 0.286. The van der Waals surface area contributed by atoms with Gasteiger partial charge in [-0.3, -0.25) is 14.5 Å². The van der Waals surface area contributed by atoms with Crippen molar-refractivity contribution in [3.8, 4) is 0 Å². The monoisotopic (exact) mass is 441 g/mol. The minimum Gasteiger partial charge on any atom is -0.336 e. The highest BCUT2D eigenvalue weighted by Gasteiger charge is 2.28. The molecule has 2 amide bonds. The summed E-state index contributed by atoms with van der Waals surface area (Å²) < 4.78 is 0. The molecule has 0 aliphatic carbocycles. The lowest BCUT2D eigenvalue weighted by Gasteiger charge is -2.39. The predicted molar refractivity (Wildman–Crippen MR) is 132 cm³/mol. The van der Waals surface area contributed by atoms with Gasteiger partial charge in [0.25, 0.3) is 5.91 Å². The molecule has 1 N–H and O–H groups in total. The van der Waals surface area contributed by atoms with E-state index >= 15 is 0 Å². The van der Waals surface area contributed by atoms with Gasteiger partial charge in [0.05, 0.1) is 6.04 Å². The maximum atomic E-state index is 13.1. The number of benzene rings is 3. The Morgan fingerprint density at radius 1 is 0.727 bits per heavy atom. The van der Waals surface area contributed by atoms with Gasteiger partial charge in [0.2, 0.25) is 5.91 Å². The number of nitrogens with zero attached hydrogens (tertiary/aromatic N) is 2. The second kappa shape index (κ2) is 10.5. The average Bonchev–Trinajstić information content (AvgIpc) is 2.86. The van der Waals surface area contributed by atoms with E-state index in [2.05, 4.69) is 58.7 Å². The Morgan fingerprint density at radius 2 is 1.24 bits per heavy atom. The van der Waals surface area contributed by atoms with E-state index in [9.17, 15) is 9.59 Å². The molecule has 0 unspecified atom stereocenters. The molecule has 1 aliphatic rings. The fourth-order valence-electron chi connectivity index (χ4n) is 4.23. The van der Waals surface area contributed by atoms with Gasteiger partial charge in [-0.15, -0.1) is 0 Å². The van der Waals surface area contributed by atoms with Crippen molar-refractivity contribution in [2.75, 3.05) is 31.5 Å². The molecule has 5 heteroatoms. The highest BCUT2D eigenvalue weighted by Crippen LogP contribution is 2.29. The standard InChI is InChI=1S/C28H31N3O2/c1-21(2)27(32)29-25-15-13-24(14-16-25)28(33)31-19-17-30(18-20-31)26(22-9-5-3-6-10-22)23-11-7-4-8-12-23/h3-16,21,26H,17-20H2,1-2H3,(H,29,32). The van der Waals surface area contributed by atoms with Crippen LogP contribution in [0.4, 0.5) is 5.69 Å². The summed E-state index contributed by atoms with van der Waals surface area (Å²) >= 11 is 0. The van der Waals surface area contributed by atoms with Crippen molar-refractivity contribution in [1.82, 2.24) is 9.80 Å². The number of anilines is 1. The summed E-state index contributed by atoms with van der Waals surface area (Å²) in [6, 6.07) is 28.5. The van der Waals surface area contributed by atoms with E-state index in [-0.39, 0.29) is 23.8 Å². The maximum absolute atomic E-state index is 13.1. The van der Waals surface area contributed by atoms with Crippen molar-refractivity contribution < 1.29 is 9.59 Å². The number of hydrogen-bond acceptors (Lipinski definition) is 3. The van der Waals surface area contributed by atoms with Gasteiger partial charge in [-0.05, 0) is 35.4 Å². The Labute approximate surface area is 196 Å². The first-order valence-electron chi connectivity index (χ1n) is 11.6. The quantitative estimate of drug-likeness (QED) is 0.596. The van der Waals surface area contributed by atoms with Gasteiger partial charge in [0.1, 0.15) is 0 Å². The molecule has 1 aliphatic heterocycles. The van der Waals surface area contributed by atoms with E-state index in [1.807, 2.05) is 30.9 Å². The third-order valence-electron chi connectivity index (χ3n) is 6.12. The number of amides is 2. The Bertz CT molecular complexity index is 1020. The SMILES string of the molecule is CC(C)C(=O)Nc1ccc(C(=O)N2CCN(C(c3ccccc3)c3ccccc3)CC2)cc1. The Morgan fingerprint density at radius 3 is 1.73 bits per heavy atom. The van der Waals surface area contributed by atoms with E-state index in [4.69, 9.17) is 0 Å². The smallest absolute Gasteiger partial charge is 0.253 e. The Hall–Kier alpha value is -3.44. The molecule has 170 valence electrons. The molecule has 1 heterocycles. The normalized spacial score (nSPS) is 14.5. The van der Waals surface area contributed by atoms with Crippen LogP contribution < -0.4 is 5.32 Å². The zero-order chi connectivity index (χ0) is 23.2. The van der Waals surface area contributed by atoms with Crippen LogP contribution >= 0.6 is 0 Å². The molecule has 0 spiro atoms. The highest BCUT2D eigenvalue weighted by molar-refractivity contribution is 5.96. The lowest BCUT2D eigenvalue weighted by molar-refractivity contribution is -0.118. The summed E-state index contributed by atoms with van der Waals surface area (Å²) in [6.45, 7) is 6.69. The van der Waals surface area contributed by atoms with Crippen LogP contribution in [-0.4, -0.2) is 47.8 Å². The van der Waals surface area contributed by atoms with E-state index in [1.54, 1.807) is 24.3 Å². The van der Waals surface area contributed by atoms with E-state index in [1.165, 1.54) is 11.1 Å². The third-order valence-corrected chi connectivity index (χ3v) is 6.12. The molecular formula is C28H31N3O2. The number of carbonyl (C=O) groups excluding carboxylic acids is 2. The van der Waals surface area contributed by atoms with Crippen molar-refractivity contribution >= 4 is 17.5 Å². The molecule has 33 heavy (non-hydrogen) atoms. The second-order valence-corrected chi connectivity index (χ2v) is 8.77. The Kier molecular flexibility index (Phi) is 7.20. The van der Waals surface area contributed by atoms with Crippen molar-refractivity contribution in [3.05, 3.63) is 102 Å². The van der Waals surface area contributed by atoms with Gasteiger partial charge in [-0.2, -0.15) is 0 Å². The fourth-order valence-corrected chi connectivity index (χ4v) is 4.23. The topological polar surface area (TPSA) is 52.7 Å². The second-order valence-electron chi connectivity index (χ2n) is 8.77. The third kappa shape index (κ3) is 5.49. The minimum absolute atomic E-state index is 0.0309. The summed E-state index contributed by atoms with van der Waals surface area (Å²) in [5.41, 5.74) is 3.89. The molecule has 0 saturated carbocycles. The van der Waals surface area contributed by atoms with Crippen molar-refractivity contribution in [3.63, 3.8) is 0 Å². The molecule has 1 fully saturated rings. The number of piperazine rings is 1. The Balaban J connectivity index is 1.42. The summed E-state index contributed by atoms with van der Waals surface area (Å²) in [7, 11) is 0. The number of rotatable bonds is 6. The van der Waals surface area contributed by atoms with Crippen LogP contribution in [0.1, 0.15) is 41.4 Å². The van der Waals surface area contributed by atoms with Crippen LogP contribution in [0.3, 0.4) is 0 Å². The predicted octanol–water partition coefficient (Wildman–Crippen LogP) is 4.83. The van der Waals surface area contributed by atoms with Crippen LogP contribution in [0.15, 0.2) is 84.9 Å². The van der Waals surface area contributed by atoms with Crippen LogP contribution in [0, 0.1) is 5.92 Å². The number of nitrogens with one attached hydrogen (secondary N) is 1. The van der Waals surface area contributed by atoms with E-state index < -0.39 is 0 Å². The molecule has 3 aromatic rings. The summed E-state index contributed by atoms with van der Waals surface area (Å²) in [4.78, 5) is 29.3. The maximum Gasteiger partial charge on any atom is 0.253 e. The molecule has 4 rings (SSSR count). The molecule has 5 nitrogen and oxygen atoms in total. The summed E-state index contributed by atoms with van der Waals surface area (Å²) in [6.07, 6.45) is 0. The van der Waals surface area contributed by atoms with Gasteiger partial charge < -0.3 is 10.2 Å². The molecule has 0 bridgehead atoms. The molecule has 3 aromatic carbocycles. The number of hydrogen-bond donors (Lipinski definition) is 1.